The first kappa shape index (κ1) is 15.7. The number of aliphatic hydroxyl groups is 1. The smallest absolute Gasteiger partial charge is 0.142 e. The third kappa shape index (κ3) is 3.59. The van der Waals surface area contributed by atoms with Crippen molar-refractivity contribution in [3.05, 3.63) is 34.6 Å². The van der Waals surface area contributed by atoms with Crippen LogP contribution in [0.4, 0.5) is 4.39 Å². The molecule has 0 aromatic heterocycles. The van der Waals surface area contributed by atoms with E-state index in [2.05, 4.69) is 0 Å². The van der Waals surface area contributed by atoms with E-state index in [4.69, 9.17) is 17.3 Å². The molecule has 0 aliphatic carbocycles. The molecule has 0 amide bonds. The molecule has 0 radical (unpaired) electrons. The SMILES string of the molecule is CCC[C@H](N)[C@@H](O)c1cccc(F)c1Cl.Cl. The first-order valence-corrected chi connectivity index (χ1v) is 5.33. The van der Waals surface area contributed by atoms with Gasteiger partial charge in [-0.15, -0.1) is 12.4 Å². The van der Waals surface area contributed by atoms with E-state index in [-0.39, 0.29) is 17.4 Å². The second-order valence-electron chi connectivity index (χ2n) is 3.54. The molecule has 2 nitrogen and oxygen atoms in total. The lowest BCUT2D eigenvalue weighted by Gasteiger charge is -2.19. The molecule has 0 aliphatic heterocycles. The van der Waals surface area contributed by atoms with Crippen molar-refractivity contribution in [3.8, 4) is 0 Å². The van der Waals surface area contributed by atoms with E-state index in [1.807, 2.05) is 6.92 Å². The first-order valence-electron chi connectivity index (χ1n) is 4.95. The van der Waals surface area contributed by atoms with Gasteiger partial charge in [-0.1, -0.05) is 37.1 Å². The molecule has 0 heterocycles. The Bertz CT molecular complexity index is 336. The topological polar surface area (TPSA) is 46.2 Å². The Kier molecular flexibility index (Phi) is 6.91. The zero-order valence-electron chi connectivity index (χ0n) is 8.99. The number of hydrogen-bond acceptors (Lipinski definition) is 2. The second kappa shape index (κ2) is 7.07. The van der Waals surface area contributed by atoms with Gasteiger partial charge in [-0.3, -0.25) is 0 Å². The highest BCUT2D eigenvalue weighted by molar-refractivity contribution is 6.31. The largest absolute Gasteiger partial charge is 0.387 e. The fourth-order valence-electron chi connectivity index (χ4n) is 1.47. The molecule has 1 aromatic carbocycles. The minimum absolute atomic E-state index is 0. The predicted molar refractivity (Wildman–Crippen MR) is 66.5 cm³/mol. The second-order valence-corrected chi connectivity index (χ2v) is 3.92. The summed E-state index contributed by atoms with van der Waals surface area (Å²) >= 11 is 5.74. The van der Waals surface area contributed by atoms with E-state index in [0.717, 1.165) is 6.42 Å². The van der Waals surface area contributed by atoms with Crippen molar-refractivity contribution in [2.24, 2.45) is 5.73 Å². The fraction of sp³-hybridized carbons (Fsp3) is 0.455. The summed E-state index contributed by atoms with van der Waals surface area (Å²) in [6, 6.07) is 3.95. The van der Waals surface area contributed by atoms with Crippen molar-refractivity contribution >= 4 is 24.0 Å². The average molecular weight is 268 g/mol. The van der Waals surface area contributed by atoms with Crippen LogP contribution in [0.2, 0.25) is 5.02 Å². The zero-order chi connectivity index (χ0) is 11.4. The van der Waals surface area contributed by atoms with Gasteiger partial charge in [0.1, 0.15) is 5.82 Å². The van der Waals surface area contributed by atoms with Gasteiger partial charge in [0.2, 0.25) is 0 Å². The van der Waals surface area contributed by atoms with E-state index in [9.17, 15) is 9.50 Å². The van der Waals surface area contributed by atoms with Gasteiger partial charge in [0.15, 0.2) is 0 Å². The highest BCUT2D eigenvalue weighted by atomic mass is 35.5. The lowest BCUT2D eigenvalue weighted by molar-refractivity contribution is 0.141. The van der Waals surface area contributed by atoms with E-state index in [1.165, 1.54) is 12.1 Å². The Hall–Kier alpha value is -0.350. The van der Waals surface area contributed by atoms with Crippen molar-refractivity contribution in [1.29, 1.82) is 0 Å². The molecule has 16 heavy (non-hydrogen) atoms. The van der Waals surface area contributed by atoms with Crippen LogP contribution in [0.3, 0.4) is 0 Å². The molecular formula is C11H16Cl2FNO. The molecule has 1 aromatic rings. The van der Waals surface area contributed by atoms with Crippen molar-refractivity contribution in [2.75, 3.05) is 0 Å². The number of hydrogen-bond donors (Lipinski definition) is 2. The molecule has 0 spiro atoms. The van der Waals surface area contributed by atoms with Crippen LogP contribution in [0, 0.1) is 5.82 Å². The maximum atomic E-state index is 13.1. The van der Waals surface area contributed by atoms with Crippen LogP contribution in [-0.4, -0.2) is 11.1 Å². The van der Waals surface area contributed by atoms with Crippen LogP contribution in [-0.2, 0) is 0 Å². The molecule has 0 unspecified atom stereocenters. The maximum absolute atomic E-state index is 13.1. The van der Waals surface area contributed by atoms with Crippen LogP contribution in [0.1, 0.15) is 31.4 Å². The van der Waals surface area contributed by atoms with Crippen molar-refractivity contribution < 1.29 is 9.50 Å². The summed E-state index contributed by atoms with van der Waals surface area (Å²) in [6.07, 6.45) is 0.632. The Balaban J connectivity index is 0.00000225. The molecule has 0 aliphatic rings. The van der Waals surface area contributed by atoms with Crippen LogP contribution in [0.5, 0.6) is 0 Å². The van der Waals surface area contributed by atoms with Crippen LogP contribution in [0.25, 0.3) is 0 Å². The highest BCUT2D eigenvalue weighted by Crippen LogP contribution is 2.27. The average Bonchev–Trinajstić information content (AvgIpc) is 2.21. The van der Waals surface area contributed by atoms with Gasteiger partial charge in [0.25, 0.3) is 0 Å². The summed E-state index contributed by atoms with van der Waals surface area (Å²) in [5.41, 5.74) is 6.11. The highest BCUT2D eigenvalue weighted by Gasteiger charge is 2.20. The third-order valence-corrected chi connectivity index (χ3v) is 2.73. The molecule has 3 N–H and O–H groups in total. The van der Waals surface area contributed by atoms with Gasteiger partial charge in [0, 0.05) is 11.6 Å². The van der Waals surface area contributed by atoms with Gasteiger partial charge in [-0.2, -0.15) is 0 Å². The van der Waals surface area contributed by atoms with E-state index >= 15 is 0 Å². The Morgan fingerprint density at radius 1 is 1.50 bits per heavy atom. The summed E-state index contributed by atoms with van der Waals surface area (Å²) in [6.45, 7) is 1.97. The minimum atomic E-state index is -0.909. The lowest BCUT2D eigenvalue weighted by atomic mass is 9.99. The Morgan fingerprint density at radius 3 is 2.69 bits per heavy atom. The molecule has 92 valence electrons. The minimum Gasteiger partial charge on any atom is -0.387 e. The van der Waals surface area contributed by atoms with Crippen molar-refractivity contribution in [2.45, 2.75) is 31.9 Å². The normalized spacial score (nSPS) is 14.1. The predicted octanol–water partition coefficient (Wildman–Crippen LogP) is 3.06. The Labute approximate surface area is 106 Å². The molecule has 0 saturated carbocycles. The molecule has 0 fully saturated rings. The fourth-order valence-corrected chi connectivity index (χ4v) is 1.71. The summed E-state index contributed by atoms with van der Waals surface area (Å²) in [5.74, 6) is -0.531. The summed E-state index contributed by atoms with van der Waals surface area (Å²) < 4.78 is 13.1. The monoisotopic (exact) mass is 267 g/mol. The molecule has 0 bridgehead atoms. The summed E-state index contributed by atoms with van der Waals surface area (Å²) in [7, 11) is 0. The van der Waals surface area contributed by atoms with Crippen LogP contribution in [0.15, 0.2) is 18.2 Å². The van der Waals surface area contributed by atoms with E-state index in [0.29, 0.717) is 12.0 Å². The quantitative estimate of drug-likeness (QED) is 0.881. The van der Waals surface area contributed by atoms with Crippen molar-refractivity contribution in [3.63, 3.8) is 0 Å². The van der Waals surface area contributed by atoms with Crippen molar-refractivity contribution in [1.82, 2.24) is 0 Å². The van der Waals surface area contributed by atoms with Gasteiger partial charge < -0.3 is 10.8 Å². The molecule has 1 rings (SSSR count). The van der Waals surface area contributed by atoms with E-state index < -0.39 is 18.0 Å². The standard InChI is InChI=1S/C11H15ClFNO.ClH/c1-2-4-9(14)11(15)7-5-3-6-8(13)10(7)12;/h3,5-6,9,11,15H,2,4,14H2,1H3;1H/t9-,11-;/m0./s1. The van der Waals surface area contributed by atoms with Gasteiger partial charge in [-0.05, 0) is 12.5 Å². The molecule has 0 saturated heterocycles. The molecule has 5 heteroatoms. The van der Waals surface area contributed by atoms with Gasteiger partial charge in [0.05, 0.1) is 11.1 Å². The number of halogens is 3. The Morgan fingerprint density at radius 2 is 2.12 bits per heavy atom. The van der Waals surface area contributed by atoms with E-state index in [1.54, 1.807) is 6.07 Å². The number of nitrogens with two attached hydrogens (primary N) is 1. The molecular weight excluding hydrogens is 252 g/mol. The zero-order valence-corrected chi connectivity index (χ0v) is 10.6. The number of benzene rings is 1. The first-order chi connectivity index (χ1) is 7.07. The van der Waals surface area contributed by atoms with Crippen LogP contribution >= 0.6 is 24.0 Å². The number of aliphatic hydroxyl groups excluding tert-OH is 1. The maximum Gasteiger partial charge on any atom is 0.142 e. The summed E-state index contributed by atoms with van der Waals surface area (Å²) in [4.78, 5) is 0. The van der Waals surface area contributed by atoms with Gasteiger partial charge in [-0.25, -0.2) is 4.39 Å². The number of rotatable bonds is 4. The van der Waals surface area contributed by atoms with Gasteiger partial charge >= 0.3 is 0 Å². The van der Waals surface area contributed by atoms with Crippen LogP contribution < -0.4 is 5.73 Å². The molecule has 2 atom stereocenters. The lowest BCUT2D eigenvalue weighted by Crippen LogP contribution is -2.28. The summed E-state index contributed by atoms with van der Waals surface area (Å²) in [5, 5.41) is 9.80. The third-order valence-electron chi connectivity index (χ3n) is 2.33.